The smallest absolute Gasteiger partial charge is 0.339 e. The fourth-order valence-electron chi connectivity index (χ4n) is 3.37. The predicted molar refractivity (Wildman–Crippen MR) is 100 cm³/mol. The first-order chi connectivity index (χ1) is 12.7. The molecule has 4 rings (SSSR count). The van der Waals surface area contributed by atoms with Gasteiger partial charge in [0.2, 0.25) is 0 Å². The van der Waals surface area contributed by atoms with E-state index in [0.29, 0.717) is 23.2 Å². The molecule has 5 heteroatoms. The van der Waals surface area contributed by atoms with E-state index in [9.17, 15) is 9.59 Å². The van der Waals surface area contributed by atoms with Crippen LogP contribution in [0.4, 0.5) is 0 Å². The summed E-state index contributed by atoms with van der Waals surface area (Å²) in [6, 6.07) is 13.4. The SMILES string of the molecule is COC(=O)c1ccc2nc3c(c(=O)n2c1)CCCC3=Cc1ccccc1. The average Bonchev–Trinajstić information content (AvgIpc) is 2.69. The molecular weight excluding hydrogens is 328 g/mol. The first-order valence-electron chi connectivity index (χ1n) is 8.57. The van der Waals surface area contributed by atoms with E-state index in [-0.39, 0.29) is 5.56 Å². The van der Waals surface area contributed by atoms with Gasteiger partial charge in [0.25, 0.3) is 5.56 Å². The molecule has 2 aromatic heterocycles. The number of methoxy groups -OCH3 is 1. The lowest BCUT2D eigenvalue weighted by atomic mass is 9.91. The van der Waals surface area contributed by atoms with Crippen molar-refractivity contribution in [3.8, 4) is 0 Å². The normalized spacial score (nSPS) is 15.0. The van der Waals surface area contributed by atoms with Crippen LogP contribution in [0.1, 0.15) is 40.0 Å². The van der Waals surface area contributed by atoms with Crippen molar-refractivity contribution in [1.82, 2.24) is 9.38 Å². The number of aromatic nitrogens is 2. The first-order valence-corrected chi connectivity index (χ1v) is 8.57. The third kappa shape index (κ3) is 2.81. The van der Waals surface area contributed by atoms with Crippen LogP contribution in [0, 0.1) is 0 Å². The number of carbonyl (C=O) groups excluding carboxylic acids is 1. The molecule has 130 valence electrons. The number of benzene rings is 1. The lowest BCUT2D eigenvalue weighted by Crippen LogP contribution is -2.25. The topological polar surface area (TPSA) is 60.7 Å². The van der Waals surface area contributed by atoms with E-state index >= 15 is 0 Å². The third-order valence-electron chi connectivity index (χ3n) is 4.65. The summed E-state index contributed by atoms with van der Waals surface area (Å²) in [4.78, 5) is 29.4. The van der Waals surface area contributed by atoms with Crippen LogP contribution in [0.15, 0.2) is 53.5 Å². The van der Waals surface area contributed by atoms with Gasteiger partial charge in [0.05, 0.1) is 18.4 Å². The summed E-state index contributed by atoms with van der Waals surface area (Å²) in [5.74, 6) is -0.471. The largest absolute Gasteiger partial charge is 0.465 e. The highest BCUT2D eigenvalue weighted by Gasteiger charge is 2.21. The Labute approximate surface area is 150 Å². The Balaban J connectivity index is 1.89. The van der Waals surface area contributed by atoms with Crippen molar-refractivity contribution in [2.45, 2.75) is 19.3 Å². The number of hydrogen-bond acceptors (Lipinski definition) is 4. The molecule has 0 bridgehead atoms. The number of rotatable bonds is 2. The van der Waals surface area contributed by atoms with Gasteiger partial charge in [-0.15, -0.1) is 0 Å². The quantitative estimate of drug-likeness (QED) is 0.668. The Bertz CT molecular complexity index is 1080. The molecule has 0 fully saturated rings. The van der Waals surface area contributed by atoms with E-state index in [2.05, 4.69) is 6.08 Å². The maximum absolute atomic E-state index is 13.0. The Morgan fingerprint density at radius 1 is 1.15 bits per heavy atom. The molecule has 0 unspecified atom stereocenters. The summed E-state index contributed by atoms with van der Waals surface area (Å²) in [6.07, 6.45) is 6.10. The van der Waals surface area contributed by atoms with Gasteiger partial charge < -0.3 is 4.74 Å². The minimum absolute atomic E-state index is 0.116. The van der Waals surface area contributed by atoms with E-state index in [0.717, 1.165) is 29.7 Å². The van der Waals surface area contributed by atoms with Crippen LogP contribution in [0.2, 0.25) is 0 Å². The molecule has 2 heterocycles. The summed E-state index contributed by atoms with van der Waals surface area (Å²) in [6.45, 7) is 0. The zero-order valence-corrected chi connectivity index (χ0v) is 14.4. The third-order valence-corrected chi connectivity index (χ3v) is 4.65. The molecule has 5 nitrogen and oxygen atoms in total. The molecule has 26 heavy (non-hydrogen) atoms. The van der Waals surface area contributed by atoms with Crippen molar-refractivity contribution in [3.05, 3.63) is 81.4 Å². The molecule has 0 amide bonds. The van der Waals surface area contributed by atoms with E-state index in [1.807, 2.05) is 30.3 Å². The fourth-order valence-corrected chi connectivity index (χ4v) is 3.37. The van der Waals surface area contributed by atoms with Gasteiger partial charge >= 0.3 is 5.97 Å². The highest BCUT2D eigenvalue weighted by atomic mass is 16.5. The van der Waals surface area contributed by atoms with Crippen molar-refractivity contribution in [1.29, 1.82) is 0 Å². The summed E-state index contributed by atoms with van der Waals surface area (Å²) in [7, 11) is 1.32. The number of ether oxygens (including phenoxy) is 1. The summed E-state index contributed by atoms with van der Waals surface area (Å²) in [5, 5.41) is 0. The number of nitrogens with zero attached hydrogens (tertiary/aromatic N) is 2. The fraction of sp³-hybridized carbons (Fsp3) is 0.190. The van der Waals surface area contributed by atoms with E-state index in [4.69, 9.17) is 9.72 Å². The molecule has 1 aliphatic rings. The Hall–Kier alpha value is -3.21. The number of carbonyl (C=O) groups is 1. The van der Waals surface area contributed by atoms with Crippen molar-refractivity contribution in [3.63, 3.8) is 0 Å². The molecule has 1 aliphatic carbocycles. The maximum atomic E-state index is 13.0. The highest BCUT2D eigenvalue weighted by molar-refractivity contribution is 5.89. The van der Waals surface area contributed by atoms with Crippen molar-refractivity contribution < 1.29 is 9.53 Å². The lowest BCUT2D eigenvalue weighted by molar-refractivity contribution is 0.0600. The molecular formula is C21H18N2O3. The average molecular weight is 346 g/mol. The monoisotopic (exact) mass is 346 g/mol. The van der Waals surface area contributed by atoms with Crippen LogP contribution >= 0.6 is 0 Å². The lowest BCUT2D eigenvalue weighted by Gasteiger charge is -2.18. The van der Waals surface area contributed by atoms with Crippen LogP contribution in [-0.4, -0.2) is 22.5 Å². The van der Waals surface area contributed by atoms with E-state index < -0.39 is 5.97 Å². The van der Waals surface area contributed by atoms with Gasteiger partial charge in [-0.1, -0.05) is 30.3 Å². The Morgan fingerprint density at radius 3 is 2.73 bits per heavy atom. The van der Waals surface area contributed by atoms with E-state index in [1.54, 1.807) is 12.1 Å². The zero-order chi connectivity index (χ0) is 18.1. The summed E-state index contributed by atoms with van der Waals surface area (Å²) in [5.41, 5.74) is 4.40. The number of fused-ring (bicyclic) bond motifs is 2. The summed E-state index contributed by atoms with van der Waals surface area (Å²) >= 11 is 0. The molecule has 3 aromatic rings. The Morgan fingerprint density at radius 2 is 1.96 bits per heavy atom. The predicted octanol–water partition coefficient (Wildman–Crippen LogP) is 3.36. The van der Waals surface area contributed by atoms with Gasteiger partial charge in [-0.3, -0.25) is 9.20 Å². The second kappa shape index (κ2) is 6.59. The van der Waals surface area contributed by atoms with Gasteiger partial charge in [-0.25, -0.2) is 9.78 Å². The molecule has 1 aromatic carbocycles. The number of pyridine rings is 1. The van der Waals surface area contributed by atoms with Crippen molar-refractivity contribution in [2.75, 3.05) is 7.11 Å². The van der Waals surface area contributed by atoms with Crippen LogP contribution in [-0.2, 0) is 11.2 Å². The molecule has 0 aliphatic heterocycles. The maximum Gasteiger partial charge on any atom is 0.339 e. The molecule has 0 saturated heterocycles. The number of hydrogen-bond donors (Lipinski definition) is 0. The minimum Gasteiger partial charge on any atom is -0.465 e. The minimum atomic E-state index is -0.471. The van der Waals surface area contributed by atoms with Crippen molar-refractivity contribution >= 4 is 23.3 Å². The molecule has 0 radical (unpaired) electrons. The van der Waals surface area contributed by atoms with Gasteiger partial charge in [-0.2, -0.15) is 0 Å². The van der Waals surface area contributed by atoms with Gasteiger partial charge in [-0.05, 0) is 48.6 Å². The highest BCUT2D eigenvalue weighted by Crippen LogP contribution is 2.29. The number of esters is 1. The zero-order valence-electron chi connectivity index (χ0n) is 14.4. The van der Waals surface area contributed by atoms with Crippen molar-refractivity contribution in [2.24, 2.45) is 0 Å². The van der Waals surface area contributed by atoms with Crippen LogP contribution < -0.4 is 5.56 Å². The Kier molecular flexibility index (Phi) is 4.13. The second-order valence-corrected chi connectivity index (χ2v) is 6.32. The van der Waals surface area contributed by atoms with Crippen LogP contribution in [0.3, 0.4) is 0 Å². The molecule has 0 saturated carbocycles. The van der Waals surface area contributed by atoms with Gasteiger partial charge in [0, 0.05) is 11.8 Å². The second-order valence-electron chi connectivity index (χ2n) is 6.32. The molecule has 0 N–H and O–H groups in total. The molecule has 0 spiro atoms. The standard InChI is InChI=1S/C21H18N2O3/c1-26-21(25)16-10-11-18-22-19-15(12-14-6-3-2-4-7-14)8-5-9-17(19)20(24)23(18)13-16/h2-4,6-7,10-13H,5,8-9H2,1H3. The van der Waals surface area contributed by atoms with Gasteiger partial charge in [0.15, 0.2) is 0 Å². The first kappa shape index (κ1) is 16.3. The number of allylic oxidation sites excluding steroid dienone is 1. The van der Waals surface area contributed by atoms with Crippen LogP contribution in [0.5, 0.6) is 0 Å². The molecule has 0 atom stereocenters. The summed E-state index contributed by atoms with van der Waals surface area (Å²) < 4.78 is 6.18. The van der Waals surface area contributed by atoms with Gasteiger partial charge in [0.1, 0.15) is 5.65 Å². The van der Waals surface area contributed by atoms with E-state index in [1.165, 1.54) is 17.7 Å². The van der Waals surface area contributed by atoms with Crippen LogP contribution in [0.25, 0.3) is 17.3 Å².